The van der Waals surface area contributed by atoms with Gasteiger partial charge in [0.2, 0.25) is 0 Å². The van der Waals surface area contributed by atoms with Gasteiger partial charge in [0, 0.05) is 26.2 Å². The van der Waals surface area contributed by atoms with E-state index in [1.807, 2.05) is 24.3 Å². The van der Waals surface area contributed by atoms with E-state index >= 15 is 0 Å². The summed E-state index contributed by atoms with van der Waals surface area (Å²) in [6.07, 6.45) is 1.15. The van der Waals surface area contributed by atoms with Crippen molar-refractivity contribution < 1.29 is 14.6 Å². The van der Waals surface area contributed by atoms with Gasteiger partial charge in [0.15, 0.2) is 11.5 Å². The summed E-state index contributed by atoms with van der Waals surface area (Å²) in [6, 6.07) is 7.74. The predicted molar refractivity (Wildman–Crippen MR) is 83.1 cm³/mol. The zero-order chi connectivity index (χ0) is 14.9. The van der Waals surface area contributed by atoms with Gasteiger partial charge in [0.05, 0.1) is 13.7 Å². The van der Waals surface area contributed by atoms with Crippen LogP contribution in [0.2, 0.25) is 0 Å². The third kappa shape index (κ3) is 5.19. The van der Waals surface area contributed by atoms with Crippen LogP contribution in [0.25, 0.3) is 0 Å². The van der Waals surface area contributed by atoms with Crippen molar-refractivity contribution >= 4 is 0 Å². The second-order valence-corrected chi connectivity index (χ2v) is 5.26. The van der Waals surface area contributed by atoms with Gasteiger partial charge in [-0.25, -0.2) is 0 Å². The largest absolute Gasteiger partial charge is 0.493 e. The summed E-state index contributed by atoms with van der Waals surface area (Å²) in [7, 11) is 1.66. The Hall–Kier alpha value is -1.30. The van der Waals surface area contributed by atoms with E-state index in [0.717, 1.165) is 57.2 Å². The van der Waals surface area contributed by atoms with Gasteiger partial charge >= 0.3 is 0 Å². The highest BCUT2D eigenvalue weighted by molar-refractivity contribution is 5.39. The molecule has 1 saturated heterocycles. The summed E-state index contributed by atoms with van der Waals surface area (Å²) < 4.78 is 11.1. The standard InChI is InChI=1S/C16H26N2O3/c1-20-15-5-2-3-6-16(15)21-14-12-18-8-4-7-17(9-10-18)11-13-19/h2-3,5-6,19H,4,7-14H2,1H3. The van der Waals surface area contributed by atoms with Crippen LogP contribution in [0.5, 0.6) is 11.5 Å². The van der Waals surface area contributed by atoms with Crippen molar-refractivity contribution in [2.75, 3.05) is 59.6 Å². The number of aliphatic hydroxyl groups is 1. The summed E-state index contributed by atoms with van der Waals surface area (Å²) in [5.41, 5.74) is 0. The Morgan fingerprint density at radius 1 is 1.00 bits per heavy atom. The second-order valence-electron chi connectivity index (χ2n) is 5.26. The van der Waals surface area contributed by atoms with Crippen LogP contribution in [-0.2, 0) is 0 Å². The number of methoxy groups -OCH3 is 1. The molecular weight excluding hydrogens is 268 g/mol. The molecular formula is C16H26N2O3. The minimum atomic E-state index is 0.247. The Kier molecular flexibility index (Phi) is 6.79. The van der Waals surface area contributed by atoms with Gasteiger partial charge in [0.1, 0.15) is 6.61 Å². The smallest absolute Gasteiger partial charge is 0.161 e. The molecule has 0 saturated carbocycles. The molecule has 1 aromatic rings. The lowest BCUT2D eigenvalue weighted by Crippen LogP contribution is -2.34. The van der Waals surface area contributed by atoms with Crippen LogP contribution in [0.3, 0.4) is 0 Å². The Bertz CT molecular complexity index is 414. The van der Waals surface area contributed by atoms with E-state index in [0.29, 0.717) is 6.61 Å². The predicted octanol–water partition coefficient (Wildman–Crippen LogP) is 1.07. The van der Waals surface area contributed by atoms with E-state index in [9.17, 15) is 0 Å². The van der Waals surface area contributed by atoms with E-state index in [1.54, 1.807) is 7.11 Å². The Morgan fingerprint density at radius 2 is 1.67 bits per heavy atom. The van der Waals surface area contributed by atoms with Gasteiger partial charge in [-0.15, -0.1) is 0 Å². The van der Waals surface area contributed by atoms with E-state index in [-0.39, 0.29) is 6.61 Å². The maximum Gasteiger partial charge on any atom is 0.161 e. The first-order chi connectivity index (χ1) is 10.3. The lowest BCUT2D eigenvalue weighted by atomic mass is 10.3. The topological polar surface area (TPSA) is 45.2 Å². The molecule has 0 unspecified atom stereocenters. The van der Waals surface area contributed by atoms with Gasteiger partial charge in [-0.05, 0) is 31.6 Å². The van der Waals surface area contributed by atoms with Gasteiger partial charge in [-0.2, -0.15) is 0 Å². The molecule has 21 heavy (non-hydrogen) atoms. The zero-order valence-corrected chi connectivity index (χ0v) is 12.8. The first-order valence-electron chi connectivity index (χ1n) is 7.65. The van der Waals surface area contributed by atoms with Crippen LogP contribution in [0.4, 0.5) is 0 Å². The maximum atomic E-state index is 9.01. The molecule has 118 valence electrons. The van der Waals surface area contributed by atoms with Crippen molar-refractivity contribution in [1.29, 1.82) is 0 Å². The quantitative estimate of drug-likeness (QED) is 0.815. The Morgan fingerprint density at radius 3 is 2.33 bits per heavy atom. The average Bonchev–Trinajstić information content (AvgIpc) is 2.74. The summed E-state index contributed by atoms with van der Waals surface area (Å²) >= 11 is 0. The monoisotopic (exact) mass is 294 g/mol. The third-order valence-corrected chi connectivity index (χ3v) is 3.83. The molecule has 1 aromatic carbocycles. The average molecular weight is 294 g/mol. The summed E-state index contributed by atoms with van der Waals surface area (Å²) in [5, 5.41) is 9.01. The number of hydrogen-bond donors (Lipinski definition) is 1. The molecule has 0 atom stereocenters. The second kappa shape index (κ2) is 8.87. The fourth-order valence-electron chi connectivity index (χ4n) is 2.64. The van der Waals surface area contributed by atoms with E-state index in [1.165, 1.54) is 0 Å². The van der Waals surface area contributed by atoms with Crippen LogP contribution < -0.4 is 9.47 Å². The molecule has 0 radical (unpaired) electrons. The van der Waals surface area contributed by atoms with Gasteiger partial charge in [-0.3, -0.25) is 9.80 Å². The number of rotatable bonds is 7. The highest BCUT2D eigenvalue weighted by atomic mass is 16.5. The molecule has 0 amide bonds. The number of hydrogen-bond acceptors (Lipinski definition) is 5. The molecule has 5 heteroatoms. The third-order valence-electron chi connectivity index (χ3n) is 3.83. The fraction of sp³-hybridized carbons (Fsp3) is 0.625. The van der Waals surface area contributed by atoms with Crippen molar-refractivity contribution in [2.45, 2.75) is 6.42 Å². The molecule has 5 nitrogen and oxygen atoms in total. The zero-order valence-electron chi connectivity index (χ0n) is 12.8. The van der Waals surface area contributed by atoms with Crippen LogP contribution in [0.15, 0.2) is 24.3 Å². The lowest BCUT2D eigenvalue weighted by Gasteiger charge is -2.21. The fourth-order valence-corrected chi connectivity index (χ4v) is 2.64. The molecule has 1 aliphatic heterocycles. The number of β-amino-alcohol motifs (C(OH)–C–C–N with tert-alkyl or cyclic N) is 1. The van der Waals surface area contributed by atoms with Gasteiger partial charge < -0.3 is 14.6 Å². The van der Waals surface area contributed by atoms with Gasteiger partial charge in [0.25, 0.3) is 0 Å². The van der Waals surface area contributed by atoms with Crippen LogP contribution in [0.1, 0.15) is 6.42 Å². The Labute approximate surface area is 127 Å². The highest BCUT2D eigenvalue weighted by Crippen LogP contribution is 2.25. The molecule has 0 spiro atoms. The minimum absolute atomic E-state index is 0.247. The Balaban J connectivity index is 1.73. The normalized spacial score (nSPS) is 17.4. The molecule has 0 aromatic heterocycles. The number of aliphatic hydroxyl groups excluding tert-OH is 1. The van der Waals surface area contributed by atoms with Crippen molar-refractivity contribution in [2.24, 2.45) is 0 Å². The van der Waals surface area contributed by atoms with E-state index in [2.05, 4.69) is 9.80 Å². The van der Waals surface area contributed by atoms with Crippen molar-refractivity contribution in [3.63, 3.8) is 0 Å². The van der Waals surface area contributed by atoms with Crippen LogP contribution in [0, 0.1) is 0 Å². The maximum absolute atomic E-state index is 9.01. The van der Waals surface area contributed by atoms with E-state index < -0.39 is 0 Å². The van der Waals surface area contributed by atoms with Crippen molar-refractivity contribution in [3.05, 3.63) is 24.3 Å². The highest BCUT2D eigenvalue weighted by Gasteiger charge is 2.14. The van der Waals surface area contributed by atoms with Crippen molar-refractivity contribution in [1.82, 2.24) is 9.80 Å². The first-order valence-corrected chi connectivity index (χ1v) is 7.65. The number of para-hydroxylation sites is 2. The molecule has 0 bridgehead atoms. The van der Waals surface area contributed by atoms with Crippen LogP contribution in [-0.4, -0.2) is 74.5 Å². The molecule has 1 heterocycles. The summed E-state index contributed by atoms with van der Waals surface area (Å²) in [4.78, 5) is 4.74. The number of ether oxygens (including phenoxy) is 2. The molecule has 2 rings (SSSR count). The number of benzene rings is 1. The SMILES string of the molecule is COc1ccccc1OCCN1CCCN(CCO)CC1. The van der Waals surface area contributed by atoms with E-state index in [4.69, 9.17) is 14.6 Å². The lowest BCUT2D eigenvalue weighted by molar-refractivity contribution is 0.187. The first kappa shape index (κ1) is 16.1. The molecule has 1 aliphatic rings. The van der Waals surface area contributed by atoms with Crippen LogP contribution >= 0.6 is 0 Å². The van der Waals surface area contributed by atoms with Gasteiger partial charge in [-0.1, -0.05) is 12.1 Å². The summed E-state index contributed by atoms with van der Waals surface area (Å²) in [5.74, 6) is 1.58. The minimum Gasteiger partial charge on any atom is -0.493 e. The molecule has 1 N–H and O–H groups in total. The summed E-state index contributed by atoms with van der Waals surface area (Å²) in [6.45, 7) is 6.85. The molecule has 0 aliphatic carbocycles. The number of nitrogens with zero attached hydrogens (tertiary/aromatic N) is 2. The molecule has 1 fully saturated rings. The van der Waals surface area contributed by atoms with Crippen molar-refractivity contribution in [3.8, 4) is 11.5 Å².